The first-order valence-electron chi connectivity index (χ1n) is 4.44. The molecule has 1 atom stereocenters. The fourth-order valence-corrected chi connectivity index (χ4v) is 1.15. The highest BCUT2D eigenvalue weighted by molar-refractivity contribution is 5.35. The van der Waals surface area contributed by atoms with Crippen molar-refractivity contribution in [3.8, 4) is 5.75 Å². The number of rotatable bonds is 4. The minimum absolute atomic E-state index is 0.188. The van der Waals surface area contributed by atoms with Crippen LogP contribution in [0, 0.1) is 6.92 Å². The lowest BCUT2D eigenvalue weighted by Gasteiger charge is -2.11. The highest BCUT2D eigenvalue weighted by Crippen LogP contribution is 2.17. The van der Waals surface area contributed by atoms with Gasteiger partial charge in [-0.15, -0.1) is 0 Å². The molecule has 0 saturated heterocycles. The van der Waals surface area contributed by atoms with Crippen molar-refractivity contribution >= 4 is 0 Å². The molecule has 0 aliphatic carbocycles. The first kappa shape index (κ1) is 11.0. The molecule has 78 valence electrons. The molecule has 4 nitrogen and oxygen atoms in total. The van der Waals surface area contributed by atoms with Gasteiger partial charge in [-0.05, 0) is 13.0 Å². The third kappa shape index (κ3) is 2.99. The monoisotopic (exact) mass is 197 g/mol. The number of phenolic OH excluding ortho intramolecular Hbond substituents is 1. The molecule has 4 N–H and O–H groups in total. The largest absolute Gasteiger partial charge is 0.508 e. The standard InChI is InChI=1S/C10H15NO3/c1-7-2-3-9(13)8(4-7)5-11-10(14)6-12/h2-4,10-14H,5-6H2,1H3. The number of aliphatic hydroxyl groups is 2. The van der Waals surface area contributed by atoms with Crippen LogP contribution in [0.5, 0.6) is 5.75 Å². The maximum absolute atomic E-state index is 9.44. The smallest absolute Gasteiger partial charge is 0.128 e. The van der Waals surface area contributed by atoms with Gasteiger partial charge in [0.1, 0.15) is 12.0 Å². The summed E-state index contributed by atoms with van der Waals surface area (Å²) in [5, 5.41) is 29.7. The summed E-state index contributed by atoms with van der Waals surface area (Å²) in [7, 11) is 0. The van der Waals surface area contributed by atoms with Crippen LogP contribution in [0.1, 0.15) is 11.1 Å². The second kappa shape index (κ2) is 4.95. The van der Waals surface area contributed by atoms with Gasteiger partial charge in [0.2, 0.25) is 0 Å². The zero-order valence-corrected chi connectivity index (χ0v) is 8.07. The molecule has 4 heteroatoms. The van der Waals surface area contributed by atoms with Crippen LogP contribution in [0.3, 0.4) is 0 Å². The number of phenols is 1. The third-order valence-corrected chi connectivity index (χ3v) is 1.94. The van der Waals surface area contributed by atoms with Crippen molar-refractivity contribution in [1.29, 1.82) is 0 Å². The van der Waals surface area contributed by atoms with Crippen molar-refractivity contribution in [3.05, 3.63) is 29.3 Å². The molecule has 1 aromatic rings. The van der Waals surface area contributed by atoms with Gasteiger partial charge in [-0.2, -0.15) is 0 Å². The average molecular weight is 197 g/mol. The number of hydrogen-bond acceptors (Lipinski definition) is 4. The van der Waals surface area contributed by atoms with Gasteiger partial charge in [-0.1, -0.05) is 17.7 Å². The Kier molecular flexibility index (Phi) is 3.88. The first-order chi connectivity index (χ1) is 6.63. The SMILES string of the molecule is Cc1ccc(O)c(CNC(O)CO)c1. The fourth-order valence-electron chi connectivity index (χ4n) is 1.15. The number of aromatic hydroxyl groups is 1. The molecule has 0 bridgehead atoms. The van der Waals surface area contributed by atoms with Crippen LogP contribution in [0.2, 0.25) is 0 Å². The van der Waals surface area contributed by atoms with E-state index in [4.69, 9.17) is 10.2 Å². The van der Waals surface area contributed by atoms with Gasteiger partial charge >= 0.3 is 0 Å². The van der Waals surface area contributed by atoms with E-state index in [2.05, 4.69) is 5.32 Å². The Labute approximate surface area is 82.8 Å². The molecular formula is C10H15NO3. The van der Waals surface area contributed by atoms with E-state index in [0.29, 0.717) is 12.1 Å². The maximum Gasteiger partial charge on any atom is 0.128 e. The molecule has 1 aromatic carbocycles. The number of aliphatic hydroxyl groups excluding tert-OH is 2. The minimum Gasteiger partial charge on any atom is -0.508 e. The third-order valence-electron chi connectivity index (χ3n) is 1.94. The van der Waals surface area contributed by atoms with E-state index in [1.807, 2.05) is 13.0 Å². The molecule has 0 aliphatic heterocycles. The Hall–Kier alpha value is -1.10. The number of hydrogen-bond donors (Lipinski definition) is 4. The molecule has 1 rings (SSSR count). The van der Waals surface area contributed by atoms with Gasteiger partial charge in [0.05, 0.1) is 6.61 Å². The van der Waals surface area contributed by atoms with Crippen LogP contribution in [-0.2, 0) is 6.54 Å². The summed E-state index contributed by atoms with van der Waals surface area (Å²) >= 11 is 0. The van der Waals surface area contributed by atoms with E-state index in [9.17, 15) is 5.11 Å². The van der Waals surface area contributed by atoms with Crippen LogP contribution in [0.4, 0.5) is 0 Å². The summed E-state index contributed by atoms with van der Waals surface area (Å²) in [6.07, 6.45) is -0.949. The van der Waals surface area contributed by atoms with Crippen LogP contribution >= 0.6 is 0 Å². The zero-order chi connectivity index (χ0) is 10.6. The van der Waals surface area contributed by atoms with Gasteiger partial charge in [0.15, 0.2) is 0 Å². The lowest BCUT2D eigenvalue weighted by Crippen LogP contribution is -2.31. The van der Waals surface area contributed by atoms with Crippen molar-refractivity contribution in [1.82, 2.24) is 5.32 Å². The molecular weight excluding hydrogens is 182 g/mol. The Bertz CT molecular complexity index is 301. The summed E-state index contributed by atoms with van der Waals surface area (Å²) in [6, 6.07) is 5.24. The number of benzene rings is 1. The van der Waals surface area contributed by atoms with E-state index in [-0.39, 0.29) is 12.4 Å². The quantitative estimate of drug-likeness (QED) is 0.517. The minimum atomic E-state index is -0.949. The molecule has 0 aliphatic rings. The normalized spacial score (nSPS) is 12.8. The average Bonchev–Trinajstić information content (AvgIpc) is 2.19. The molecule has 0 fully saturated rings. The Morgan fingerprint density at radius 3 is 2.79 bits per heavy atom. The fraction of sp³-hybridized carbons (Fsp3) is 0.400. The lowest BCUT2D eigenvalue weighted by atomic mass is 10.1. The van der Waals surface area contributed by atoms with Gasteiger partial charge in [-0.3, -0.25) is 5.32 Å². The molecule has 0 spiro atoms. The highest BCUT2D eigenvalue weighted by Gasteiger charge is 2.04. The predicted molar refractivity (Wildman–Crippen MR) is 52.8 cm³/mol. The molecule has 14 heavy (non-hydrogen) atoms. The van der Waals surface area contributed by atoms with Crippen molar-refractivity contribution in [2.24, 2.45) is 0 Å². The predicted octanol–water partition coefficient (Wildman–Crippen LogP) is 0.101. The van der Waals surface area contributed by atoms with Crippen molar-refractivity contribution < 1.29 is 15.3 Å². The molecule has 0 saturated carbocycles. The molecule has 0 radical (unpaired) electrons. The summed E-state index contributed by atoms with van der Waals surface area (Å²) in [6.45, 7) is 1.91. The van der Waals surface area contributed by atoms with Crippen molar-refractivity contribution in [2.45, 2.75) is 19.7 Å². The maximum atomic E-state index is 9.44. The van der Waals surface area contributed by atoms with Crippen LogP contribution in [-0.4, -0.2) is 28.2 Å². The van der Waals surface area contributed by atoms with E-state index in [1.54, 1.807) is 12.1 Å². The van der Waals surface area contributed by atoms with Crippen molar-refractivity contribution in [3.63, 3.8) is 0 Å². The van der Waals surface area contributed by atoms with Gasteiger partial charge in [-0.25, -0.2) is 0 Å². The number of nitrogens with one attached hydrogen (secondary N) is 1. The van der Waals surface area contributed by atoms with Crippen LogP contribution in [0.15, 0.2) is 18.2 Å². The van der Waals surface area contributed by atoms with E-state index in [0.717, 1.165) is 5.56 Å². The molecule has 1 unspecified atom stereocenters. The molecule has 0 aromatic heterocycles. The van der Waals surface area contributed by atoms with Crippen LogP contribution in [0.25, 0.3) is 0 Å². The van der Waals surface area contributed by atoms with Gasteiger partial charge < -0.3 is 15.3 Å². The Morgan fingerprint density at radius 1 is 1.43 bits per heavy atom. The van der Waals surface area contributed by atoms with E-state index in [1.165, 1.54) is 0 Å². The van der Waals surface area contributed by atoms with E-state index < -0.39 is 6.23 Å². The van der Waals surface area contributed by atoms with E-state index >= 15 is 0 Å². The topological polar surface area (TPSA) is 72.7 Å². The highest BCUT2D eigenvalue weighted by atomic mass is 16.3. The Morgan fingerprint density at radius 2 is 2.14 bits per heavy atom. The summed E-state index contributed by atoms with van der Waals surface area (Å²) < 4.78 is 0. The zero-order valence-electron chi connectivity index (χ0n) is 8.07. The van der Waals surface area contributed by atoms with Crippen LogP contribution < -0.4 is 5.32 Å². The lowest BCUT2D eigenvalue weighted by molar-refractivity contribution is 0.0664. The first-order valence-corrected chi connectivity index (χ1v) is 4.44. The summed E-state index contributed by atoms with van der Waals surface area (Å²) in [4.78, 5) is 0. The van der Waals surface area contributed by atoms with Crippen molar-refractivity contribution in [2.75, 3.05) is 6.61 Å². The summed E-state index contributed by atoms with van der Waals surface area (Å²) in [5.74, 6) is 0.188. The summed E-state index contributed by atoms with van der Waals surface area (Å²) in [5.41, 5.74) is 1.75. The second-order valence-electron chi connectivity index (χ2n) is 3.21. The van der Waals surface area contributed by atoms with Gasteiger partial charge in [0.25, 0.3) is 0 Å². The van der Waals surface area contributed by atoms with Gasteiger partial charge in [0, 0.05) is 12.1 Å². The molecule has 0 amide bonds. The number of aryl methyl sites for hydroxylation is 1. The Balaban J connectivity index is 2.62. The second-order valence-corrected chi connectivity index (χ2v) is 3.21. The molecule has 0 heterocycles.